The zero-order valence-corrected chi connectivity index (χ0v) is 16.1. The van der Waals surface area contributed by atoms with Gasteiger partial charge in [0, 0.05) is 23.0 Å². The van der Waals surface area contributed by atoms with E-state index in [0.29, 0.717) is 17.1 Å². The van der Waals surface area contributed by atoms with Crippen molar-refractivity contribution in [2.75, 3.05) is 14.2 Å². The fraction of sp³-hybridized carbons (Fsp3) is 0.238. The first-order valence-electron chi connectivity index (χ1n) is 8.51. The Morgan fingerprint density at radius 2 is 1.81 bits per heavy atom. The van der Waals surface area contributed by atoms with E-state index in [-0.39, 0.29) is 5.78 Å². The molecule has 0 spiro atoms. The Kier molecular flexibility index (Phi) is 5.16. The lowest BCUT2D eigenvalue weighted by molar-refractivity contribution is 0.104. The smallest absolute Gasteiger partial charge is 0.185 e. The van der Waals surface area contributed by atoms with Crippen molar-refractivity contribution in [3.8, 4) is 17.3 Å². The third-order valence-corrected chi connectivity index (χ3v) is 4.40. The highest BCUT2D eigenvalue weighted by Gasteiger charge is 2.13. The molecule has 2 aromatic heterocycles. The van der Waals surface area contributed by atoms with E-state index in [4.69, 9.17) is 14.0 Å². The molecule has 0 amide bonds. The molecule has 6 nitrogen and oxygen atoms in total. The molecule has 140 valence electrons. The topological polar surface area (TPSA) is 66.5 Å². The molecule has 3 aromatic rings. The molecule has 0 saturated carbocycles. The minimum absolute atomic E-state index is 0.113. The summed E-state index contributed by atoms with van der Waals surface area (Å²) in [5, 5.41) is 4.07. The van der Waals surface area contributed by atoms with Crippen LogP contribution in [0.25, 0.3) is 11.9 Å². The van der Waals surface area contributed by atoms with Crippen molar-refractivity contribution in [3.63, 3.8) is 0 Å². The number of aryl methyl sites for hydroxylation is 2. The van der Waals surface area contributed by atoms with Crippen molar-refractivity contribution in [2.45, 2.75) is 20.8 Å². The molecule has 0 radical (unpaired) electrons. The van der Waals surface area contributed by atoms with Gasteiger partial charge in [0.1, 0.15) is 5.76 Å². The number of ether oxygens (including phenoxy) is 2. The molecule has 27 heavy (non-hydrogen) atoms. The summed E-state index contributed by atoms with van der Waals surface area (Å²) in [5.41, 5.74) is 3.47. The van der Waals surface area contributed by atoms with Gasteiger partial charge in [-0.2, -0.15) is 0 Å². The molecular weight excluding hydrogens is 344 g/mol. The molecule has 0 bridgehead atoms. The molecule has 0 fully saturated rings. The van der Waals surface area contributed by atoms with Crippen LogP contribution >= 0.6 is 0 Å². The quantitative estimate of drug-likeness (QED) is 0.480. The van der Waals surface area contributed by atoms with Crippen LogP contribution in [0.4, 0.5) is 0 Å². The zero-order chi connectivity index (χ0) is 19.6. The van der Waals surface area contributed by atoms with Gasteiger partial charge in [-0.15, -0.1) is 0 Å². The minimum atomic E-state index is -0.113. The molecule has 0 aliphatic rings. The Morgan fingerprint density at radius 1 is 1.07 bits per heavy atom. The van der Waals surface area contributed by atoms with Gasteiger partial charge in [-0.1, -0.05) is 5.16 Å². The summed E-state index contributed by atoms with van der Waals surface area (Å²) in [4.78, 5) is 12.5. The number of nitrogens with zero attached hydrogens (tertiary/aromatic N) is 2. The lowest BCUT2D eigenvalue weighted by Crippen LogP contribution is -1.99. The van der Waals surface area contributed by atoms with Crippen LogP contribution in [0.2, 0.25) is 0 Å². The van der Waals surface area contributed by atoms with Crippen LogP contribution in [0.15, 0.2) is 40.9 Å². The molecule has 0 aliphatic carbocycles. The van der Waals surface area contributed by atoms with Crippen molar-refractivity contribution >= 4 is 11.9 Å². The molecule has 1 aromatic carbocycles. The Morgan fingerprint density at radius 3 is 2.44 bits per heavy atom. The van der Waals surface area contributed by atoms with E-state index in [1.54, 1.807) is 38.5 Å². The van der Waals surface area contributed by atoms with Crippen LogP contribution in [0.3, 0.4) is 0 Å². The van der Waals surface area contributed by atoms with E-state index in [9.17, 15) is 4.79 Å². The van der Waals surface area contributed by atoms with Crippen LogP contribution in [0.1, 0.15) is 33.1 Å². The number of allylic oxidation sites excluding steroid dienone is 1. The van der Waals surface area contributed by atoms with Crippen LogP contribution < -0.4 is 9.47 Å². The molecule has 0 aliphatic heterocycles. The number of hydrogen-bond acceptors (Lipinski definition) is 5. The molecule has 2 heterocycles. The maximum absolute atomic E-state index is 12.5. The standard InChI is InChI=1S/C21H22N2O4/c1-13-10-16(15(3)23(13)21-11-14(2)27-22-21)6-8-18(24)17-7-9-19(25-4)20(12-17)26-5/h6-12H,1-5H3/b8-6+. The lowest BCUT2D eigenvalue weighted by atomic mass is 10.1. The second kappa shape index (κ2) is 7.53. The number of hydrogen-bond donors (Lipinski definition) is 0. The van der Waals surface area contributed by atoms with Gasteiger partial charge >= 0.3 is 0 Å². The van der Waals surface area contributed by atoms with Gasteiger partial charge in [-0.25, -0.2) is 0 Å². The van der Waals surface area contributed by atoms with Crippen LogP contribution in [0, 0.1) is 20.8 Å². The van der Waals surface area contributed by atoms with Crippen molar-refractivity contribution < 1.29 is 18.8 Å². The fourth-order valence-electron chi connectivity index (χ4n) is 3.02. The zero-order valence-electron chi connectivity index (χ0n) is 16.1. The molecular formula is C21H22N2O4. The van der Waals surface area contributed by atoms with Gasteiger partial charge in [0.25, 0.3) is 0 Å². The normalized spacial score (nSPS) is 11.1. The van der Waals surface area contributed by atoms with Crippen LogP contribution in [0.5, 0.6) is 11.5 Å². The van der Waals surface area contributed by atoms with Gasteiger partial charge in [0.2, 0.25) is 0 Å². The molecule has 3 rings (SSSR count). The highest BCUT2D eigenvalue weighted by Crippen LogP contribution is 2.28. The summed E-state index contributed by atoms with van der Waals surface area (Å²) >= 11 is 0. The average molecular weight is 366 g/mol. The van der Waals surface area contributed by atoms with E-state index in [1.165, 1.54) is 0 Å². The molecule has 0 N–H and O–H groups in total. The predicted molar refractivity (Wildman–Crippen MR) is 103 cm³/mol. The van der Waals surface area contributed by atoms with Crippen molar-refractivity contribution in [3.05, 3.63) is 64.7 Å². The van der Waals surface area contributed by atoms with E-state index >= 15 is 0 Å². The van der Waals surface area contributed by atoms with Crippen molar-refractivity contribution in [1.82, 2.24) is 9.72 Å². The summed E-state index contributed by atoms with van der Waals surface area (Å²) in [7, 11) is 3.10. The number of carbonyl (C=O) groups excluding carboxylic acids is 1. The van der Waals surface area contributed by atoms with Gasteiger partial charge in [0.15, 0.2) is 23.1 Å². The van der Waals surface area contributed by atoms with Crippen LogP contribution in [-0.4, -0.2) is 29.7 Å². The van der Waals surface area contributed by atoms with Gasteiger partial charge in [-0.05, 0) is 62.8 Å². The number of carbonyl (C=O) groups is 1. The summed E-state index contributed by atoms with van der Waals surface area (Å²) in [6.07, 6.45) is 3.37. The monoisotopic (exact) mass is 366 g/mol. The number of aromatic nitrogens is 2. The first-order chi connectivity index (χ1) is 12.9. The van der Waals surface area contributed by atoms with E-state index in [2.05, 4.69) is 5.16 Å². The van der Waals surface area contributed by atoms with Crippen molar-refractivity contribution in [1.29, 1.82) is 0 Å². The maximum Gasteiger partial charge on any atom is 0.185 e. The summed E-state index contributed by atoms with van der Waals surface area (Å²) in [6.45, 7) is 5.83. The molecule has 0 saturated heterocycles. The minimum Gasteiger partial charge on any atom is -0.493 e. The SMILES string of the molecule is COc1ccc(C(=O)/C=C/c2cc(C)n(-c3cc(C)on3)c2C)cc1OC. The predicted octanol–water partition coefficient (Wildman–Crippen LogP) is 4.30. The molecule has 0 atom stereocenters. The maximum atomic E-state index is 12.5. The van der Waals surface area contributed by atoms with Gasteiger partial charge in [-0.3, -0.25) is 9.36 Å². The third-order valence-electron chi connectivity index (χ3n) is 4.40. The average Bonchev–Trinajstić information content (AvgIpc) is 3.21. The molecule has 0 unspecified atom stereocenters. The number of benzene rings is 1. The first-order valence-corrected chi connectivity index (χ1v) is 8.51. The highest BCUT2D eigenvalue weighted by molar-refractivity contribution is 6.07. The molecule has 6 heteroatoms. The Bertz CT molecular complexity index is 1010. The number of ketones is 1. The Hall–Kier alpha value is -3.28. The Labute approximate surface area is 158 Å². The number of rotatable bonds is 6. The second-order valence-corrected chi connectivity index (χ2v) is 6.22. The van der Waals surface area contributed by atoms with E-state index < -0.39 is 0 Å². The summed E-state index contributed by atoms with van der Waals surface area (Å²) < 4.78 is 17.6. The highest BCUT2D eigenvalue weighted by atomic mass is 16.5. The van der Waals surface area contributed by atoms with Crippen molar-refractivity contribution in [2.24, 2.45) is 0 Å². The summed E-state index contributed by atoms with van der Waals surface area (Å²) in [5.74, 6) is 2.48. The Balaban J connectivity index is 1.87. The first kappa shape index (κ1) is 18.5. The second-order valence-electron chi connectivity index (χ2n) is 6.22. The third kappa shape index (κ3) is 3.65. The van der Waals surface area contributed by atoms with E-state index in [0.717, 1.165) is 28.5 Å². The number of methoxy groups -OCH3 is 2. The lowest BCUT2D eigenvalue weighted by Gasteiger charge is -2.08. The van der Waals surface area contributed by atoms with E-state index in [1.807, 2.05) is 43.5 Å². The van der Waals surface area contributed by atoms with Gasteiger partial charge < -0.3 is 14.0 Å². The fourth-order valence-corrected chi connectivity index (χ4v) is 3.02. The largest absolute Gasteiger partial charge is 0.493 e. The summed E-state index contributed by atoms with van der Waals surface area (Å²) in [6, 6.07) is 9.00. The van der Waals surface area contributed by atoms with Gasteiger partial charge in [0.05, 0.1) is 14.2 Å². The van der Waals surface area contributed by atoms with Crippen LogP contribution in [-0.2, 0) is 0 Å².